The van der Waals surface area contributed by atoms with Gasteiger partial charge in [-0.2, -0.15) is 4.98 Å². The monoisotopic (exact) mass is 462 g/mol. The molecule has 1 saturated heterocycles. The molecule has 2 aliphatic heterocycles. The van der Waals surface area contributed by atoms with Crippen LogP contribution in [0.5, 0.6) is 11.5 Å². The number of hydrogen-bond donors (Lipinski definition) is 1. The molecule has 178 valence electrons. The van der Waals surface area contributed by atoms with Gasteiger partial charge in [-0.1, -0.05) is 18.9 Å². The molecule has 9 heteroatoms. The van der Waals surface area contributed by atoms with Crippen molar-refractivity contribution in [3.63, 3.8) is 0 Å². The molecule has 0 bridgehead atoms. The number of nitrogens with one attached hydrogen (secondary N) is 1. The summed E-state index contributed by atoms with van der Waals surface area (Å²) in [5.41, 5.74) is 1.83. The topological polar surface area (TPSA) is 94.4 Å². The molecule has 2 atom stereocenters. The largest absolute Gasteiger partial charge is 0.486 e. The van der Waals surface area contributed by atoms with Gasteiger partial charge in [-0.15, -0.1) is 0 Å². The van der Waals surface area contributed by atoms with Crippen LogP contribution in [0.1, 0.15) is 49.9 Å². The molecule has 1 fully saturated rings. The van der Waals surface area contributed by atoms with Crippen LogP contribution in [0.3, 0.4) is 0 Å². The van der Waals surface area contributed by atoms with Crippen LogP contribution in [0.4, 0.5) is 5.82 Å². The number of carbonyl (C=O) groups excluding carboxylic acids is 1. The fourth-order valence-electron chi connectivity index (χ4n) is 4.55. The van der Waals surface area contributed by atoms with E-state index >= 15 is 0 Å². The zero-order chi connectivity index (χ0) is 23.5. The summed E-state index contributed by atoms with van der Waals surface area (Å²) in [6.45, 7) is 5.81. The smallest absolute Gasteiger partial charge is 0.243 e. The molecule has 2 unspecified atom stereocenters. The first kappa shape index (κ1) is 22.2. The lowest BCUT2D eigenvalue weighted by Crippen LogP contribution is -2.47. The number of hydrogen-bond acceptors (Lipinski definition) is 7. The van der Waals surface area contributed by atoms with E-state index in [0.29, 0.717) is 19.2 Å². The van der Waals surface area contributed by atoms with Crippen LogP contribution in [0.15, 0.2) is 43.0 Å². The van der Waals surface area contributed by atoms with E-state index in [1.54, 1.807) is 17.1 Å². The quantitative estimate of drug-likeness (QED) is 0.621. The number of carbonyl (C=O) groups is 1. The highest BCUT2D eigenvalue weighted by Gasteiger charge is 2.30. The van der Waals surface area contributed by atoms with Gasteiger partial charge < -0.3 is 19.7 Å². The Bertz CT molecular complexity index is 1150. The number of fused-ring (bicyclic) bond motifs is 1. The standard InChI is InChI=1S/C25H30N6O3/c1-17-14-23(29-25(27-17)30-11-9-26-16-30)31-10-5-3-4-6-20(31)24(32)28-18(2)19-7-8-21-22(15-19)34-13-12-33-21/h7-9,11,14-16,18,20H,3-6,10,12-13H2,1-2H3,(H,28,32). The van der Waals surface area contributed by atoms with Crippen molar-refractivity contribution in [2.45, 2.75) is 51.6 Å². The Hall–Kier alpha value is -3.62. The second-order valence-electron chi connectivity index (χ2n) is 8.83. The third-order valence-corrected chi connectivity index (χ3v) is 6.34. The molecule has 34 heavy (non-hydrogen) atoms. The average Bonchev–Trinajstić information content (AvgIpc) is 3.27. The highest BCUT2D eigenvalue weighted by atomic mass is 16.6. The lowest BCUT2D eigenvalue weighted by Gasteiger charge is -2.31. The molecular formula is C25H30N6O3. The Morgan fingerprint density at radius 1 is 1.12 bits per heavy atom. The number of amides is 1. The van der Waals surface area contributed by atoms with Gasteiger partial charge in [0.15, 0.2) is 11.5 Å². The zero-order valence-electron chi connectivity index (χ0n) is 19.6. The van der Waals surface area contributed by atoms with Gasteiger partial charge in [-0.25, -0.2) is 9.97 Å². The number of aryl methyl sites for hydroxylation is 1. The number of nitrogens with zero attached hydrogens (tertiary/aromatic N) is 5. The van der Waals surface area contributed by atoms with E-state index in [1.165, 1.54) is 0 Å². The molecule has 1 N–H and O–H groups in total. The predicted octanol–water partition coefficient (Wildman–Crippen LogP) is 3.37. The number of rotatable bonds is 5. The van der Waals surface area contributed by atoms with Crippen LogP contribution in [0, 0.1) is 6.92 Å². The number of ether oxygens (including phenoxy) is 2. The molecule has 1 aromatic carbocycles. The maximum atomic E-state index is 13.5. The Balaban J connectivity index is 1.37. The molecule has 5 rings (SSSR count). The Labute approximate surface area is 199 Å². The summed E-state index contributed by atoms with van der Waals surface area (Å²) in [5, 5.41) is 3.22. The van der Waals surface area contributed by atoms with Crippen molar-refractivity contribution in [1.82, 2.24) is 24.8 Å². The molecule has 2 aliphatic rings. The lowest BCUT2D eigenvalue weighted by molar-refractivity contribution is -0.123. The fourth-order valence-corrected chi connectivity index (χ4v) is 4.55. The van der Waals surface area contributed by atoms with Crippen LogP contribution >= 0.6 is 0 Å². The van der Waals surface area contributed by atoms with Gasteiger partial charge in [0.05, 0.1) is 6.04 Å². The molecule has 0 radical (unpaired) electrons. The molecule has 9 nitrogen and oxygen atoms in total. The van der Waals surface area contributed by atoms with E-state index in [0.717, 1.165) is 60.8 Å². The van der Waals surface area contributed by atoms with Gasteiger partial charge in [0.2, 0.25) is 11.9 Å². The lowest BCUT2D eigenvalue weighted by atomic mass is 10.0. The Kier molecular flexibility index (Phi) is 6.33. The van der Waals surface area contributed by atoms with Crippen molar-refractivity contribution in [3.8, 4) is 17.4 Å². The Morgan fingerprint density at radius 3 is 2.79 bits per heavy atom. The van der Waals surface area contributed by atoms with E-state index in [1.807, 2.05) is 44.3 Å². The van der Waals surface area contributed by atoms with Gasteiger partial charge in [0.1, 0.15) is 31.4 Å². The predicted molar refractivity (Wildman–Crippen MR) is 127 cm³/mol. The summed E-state index contributed by atoms with van der Waals surface area (Å²) >= 11 is 0. The summed E-state index contributed by atoms with van der Waals surface area (Å²) < 4.78 is 13.1. The van der Waals surface area contributed by atoms with E-state index < -0.39 is 0 Å². The van der Waals surface area contributed by atoms with Gasteiger partial charge in [-0.3, -0.25) is 9.36 Å². The molecule has 1 amide bonds. The van der Waals surface area contributed by atoms with E-state index in [4.69, 9.17) is 14.5 Å². The minimum atomic E-state index is -0.299. The second-order valence-corrected chi connectivity index (χ2v) is 8.83. The maximum absolute atomic E-state index is 13.5. The SMILES string of the molecule is Cc1cc(N2CCCCCC2C(=O)NC(C)c2ccc3c(c2)OCCO3)nc(-n2ccnc2)n1. The van der Waals surface area contributed by atoms with E-state index in [2.05, 4.69) is 20.2 Å². The molecular weight excluding hydrogens is 432 g/mol. The summed E-state index contributed by atoms with van der Waals surface area (Å²) in [6, 6.07) is 7.33. The Morgan fingerprint density at radius 2 is 1.97 bits per heavy atom. The van der Waals surface area contributed by atoms with E-state index in [-0.39, 0.29) is 18.0 Å². The van der Waals surface area contributed by atoms with Crippen molar-refractivity contribution in [3.05, 3.63) is 54.2 Å². The number of imidazole rings is 1. The first-order valence-electron chi connectivity index (χ1n) is 11.9. The van der Waals surface area contributed by atoms with Crippen molar-refractivity contribution < 1.29 is 14.3 Å². The van der Waals surface area contributed by atoms with Crippen LogP contribution in [-0.4, -0.2) is 51.2 Å². The molecule has 3 aromatic rings. The zero-order valence-corrected chi connectivity index (χ0v) is 19.6. The minimum Gasteiger partial charge on any atom is -0.486 e. The van der Waals surface area contributed by atoms with Crippen LogP contribution in [0.25, 0.3) is 5.95 Å². The number of aromatic nitrogens is 4. The van der Waals surface area contributed by atoms with Crippen molar-refractivity contribution >= 4 is 11.7 Å². The highest BCUT2D eigenvalue weighted by molar-refractivity contribution is 5.85. The molecule has 0 spiro atoms. The third kappa shape index (κ3) is 4.69. The summed E-state index contributed by atoms with van der Waals surface area (Å²) in [4.78, 5) is 29.1. The van der Waals surface area contributed by atoms with Crippen molar-refractivity contribution in [1.29, 1.82) is 0 Å². The van der Waals surface area contributed by atoms with Crippen LogP contribution < -0.4 is 19.7 Å². The van der Waals surface area contributed by atoms with Crippen molar-refractivity contribution in [2.24, 2.45) is 0 Å². The number of benzene rings is 1. The third-order valence-electron chi connectivity index (χ3n) is 6.34. The van der Waals surface area contributed by atoms with Crippen LogP contribution in [-0.2, 0) is 4.79 Å². The maximum Gasteiger partial charge on any atom is 0.243 e. The summed E-state index contributed by atoms with van der Waals surface area (Å²) in [7, 11) is 0. The average molecular weight is 463 g/mol. The van der Waals surface area contributed by atoms with Gasteiger partial charge in [-0.05, 0) is 44.4 Å². The van der Waals surface area contributed by atoms with E-state index in [9.17, 15) is 4.79 Å². The normalized spacial score (nSPS) is 18.8. The highest BCUT2D eigenvalue weighted by Crippen LogP contribution is 2.33. The molecule has 4 heterocycles. The summed E-state index contributed by atoms with van der Waals surface area (Å²) in [6.07, 6.45) is 9.10. The first-order chi connectivity index (χ1) is 16.6. The van der Waals surface area contributed by atoms with Crippen LogP contribution in [0.2, 0.25) is 0 Å². The fraction of sp³-hybridized carbons (Fsp3) is 0.440. The number of anilines is 1. The van der Waals surface area contributed by atoms with Gasteiger partial charge in [0, 0.05) is 30.7 Å². The molecule has 0 aliphatic carbocycles. The minimum absolute atomic E-state index is 0.00438. The second kappa shape index (κ2) is 9.70. The molecule has 0 saturated carbocycles. The van der Waals surface area contributed by atoms with Gasteiger partial charge in [0.25, 0.3) is 0 Å². The van der Waals surface area contributed by atoms with Crippen molar-refractivity contribution in [2.75, 3.05) is 24.7 Å². The first-order valence-corrected chi connectivity index (χ1v) is 11.9. The van der Waals surface area contributed by atoms with Gasteiger partial charge >= 0.3 is 0 Å². The molecule has 2 aromatic heterocycles. The summed E-state index contributed by atoms with van der Waals surface area (Å²) in [5.74, 6) is 2.80.